The van der Waals surface area contributed by atoms with E-state index in [0.717, 1.165) is 10.9 Å². The number of nitrogen functional groups attached to an aromatic ring is 1. The number of thiazole rings is 1. The van der Waals surface area contributed by atoms with Crippen LogP contribution in [0.2, 0.25) is 0 Å². The summed E-state index contributed by atoms with van der Waals surface area (Å²) in [5, 5.41) is 1.12. The first-order valence-corrected chi connectivity index (χ1v) is 11.2. The molecule has 2 aromatic carbocycles. The minimum atomic E-state index is -3.10. The zero-order chi connectivity index (χ0) is 23.0. The van der Waals surface area contributed by atoms with Crippen LogP contribution in [0.3, 0.4) is 0 Å². The summed E-state index contributed by atoms with van der Waals surface area (Å²) in [4.78, 5) is 23.8. The molecule has 0 bridgehead atoms. The minimum absolute atomic E-state index is 0.0931. The summed E-state index contributed by atoms with van der Waals surface area (Å²) in [5.41, 5.74) is 7.49. The molecule has 0 spiro atoms. The van der Waals surface area contributed by atoms with Crippen molar-refractivity contribution in [3.63, 3.8) is 0 Å². The zero-order valence-corrected chi connectivity index (χ0v) is 18.3. The van der Waals surface area contributed by atoms with E-state index >= 15 is 0 Å². The quantitative estimate of drug-likeness (QED) is 0.464. The molecule has 3 heterocycles. The van der Waals surface area contributed by atoms with E-state index in [9.17, 15) is 13.6 Å². The number of halogens is 2. The second kappa shape index (κ2) is 8.40. The van der Waals surface area contributed by atoms with Crippen molar-refractivity contribution in [1.82, 2.24) is 14.9 Å². The summed E-state index contributed by atoms with van der Waals surface area (Å²) < 4.78 is 35.1. The van der Waals surface area contributed by atoms with Gasteiger partial charge in [-0.15, -0.1) is 0 Å². The predicted molar refractivity (Wildman–Crippen MR) is 124 cm³/mol. The van der Waals surface area contributed by atoms with Crippen LogP contribution < -0.4 is 10.5 Å². The number of benzene rings is 2. The Morgan fingerprint density at radius 1 is 1.06 bits per heavy atom. The number of hydrogen-bond donors (Lipinski definition) is 1. The second-order valence-electron chi connectivity index (χ2n) is 7.81. The molecule has 0 radical (unpaired) electrons. The number of amides is 1. The monoisotopic (exact) mass is 466 g/mol. The number of pyridine rings is 1. The fourth-order valence-electron chi connectivity index (χ4n) is 3.85. The molecule has 2 aromatic heterocycles. The SMILES string of the molecule is Nc1nc(C(=O)N2CCC(F)(F)C(Oc3ccc4ccccc4n3)C2)c(-c2ccccc2)s1. The molecule has 33 heavy (non-hydrogen) atoms. The van der Waals surface area contributed by atoms with Crippen LogP contribution >= 0.6 is 11.3 Å². The fraction of sp³-hybridized carbons (Fsp3) is 0.208. The Kier molecular flexibility index (Phi) is 5.41. The highest BCUT2D eigenvalue weighted by Crippen LogP contribution is 2.35. The Hall–Kier alpha value is -3.59. The number of carbonyl (C=O) groups excluding carboxylic acids is 1. The van der Waals surface area contributed by atoms with Gasteiger partial charge >= 0.3 is 0 Å². The summed E-state index contributed by atoms with van der Waals surface area (Å²) in [5.74, 6) is -3.46. The predicted octanol–water partition coefficient (Wildman–Crippen LogP) is 4.87. The zero-order valence-electron chi connectivity index (χ0n) is 17.4. The van der Waals surface area contributed by atoms with Crippen LogP contribution in [-0.4, -0.2) is 45.9 Å². The molecule has 1 saturated heterocycles. The number of ether oxygens (including phenoxy) is 1. The van der Waals surface area contributed by atoms with Crippen molar-refractivity contribution in [2.24, 2.45) is 0 Å². The highest BCUT2D eigenvalue weighted by atomic mass is 32.1. The average Bonchev–Trinajstić information content (AvgIpc) is 3.22. The van der Waals surface area contributed by atoms with Crippen molar-refractivity contribution in [2.75, 3.05) is 18.8 Å². The van der Waals surface area contributed by atoms with Crippen LogP contribution in [0, 0.1) is 0 Å². The van der Waals surface area contributed by atoms with E-state index < -0.39 is 24.4 Å². The smallest absolute Gasteiger partial charge is 0.287 e. The van der Waals surface area contributed by atoms with Gasteiger partial charge in [-0.3, -0.25) is 4.79 Å². The second-order valence-corrected chi connectivity index (χ2v) is 8.84. The number of nitrogens with two attached hydrogens (primary N) is 1. The largest absolute Gasteiger partial charge is 0.466 e. The number of rotatable bonds is 4. The first kappa shape index (κ1) is 21.3. The van der Waals surface area contributed by atoms with Gasteiger partial charge in [-0.25, -0.2) is 18.7 Å². The van der Waals surface area contributed by atoms with Crippen LogP contribution in [0.25, 0.3) is 21.3 Å². The Morgan fingerprint density at radius 2 is 1.82 bits per heavy atom. The van der Waals surface area contributed by atoms with Gasteiger partial charge in [0.15, 0.2) is 11.2 Å². The fourth-order valence-corrected chi connectivity index (χ4v) is 4.68. The van der Waals surface area contributed by atoms with Crippen LogP contribution in [0.4, 0.5) is 13.9 Å². The molecule has 1 aliphatic rings. The Balaban J connectivity index is 1.40. The van der Waals surface area contributed by atoms with Crippen molar-refractivity contribution in [3.8, 4) is 16.3 Å². The van der Waals surface area contributed by atoms with Crippen molar-refractivity contribution >= 4 is 33.3 Å². The summed E-state index contributed by atoms with van der Waals surface area (Å²) in [7, 11) is 0. The molecule has 168 valence electrons. The molecule has 0 saturated carbocycles. The van der Waals surface area contributed by atoms with Gasteiger partial charge in [-0.2, -0.15) is 0 Å². The number of aromatic nitrogens is 2. The van der Waals surface area contributed by atoms with E-state index in [1.807, 2.05) is 48.5 Å². The van der Waals surface area contributed by atoms with Crippen molar-refractivity contribution in [2.45, 2.75) is 18.4 Å². The topological polar surface area (TPSA) is 81.3 Å². The number of hydrogen-bond acceptors (Lipinski definition) is 6. The number of carbonyl (C=O) groups is 1. The molecule has 1 aliphatic heterocycles. The van der Waals surface area contributed by atoms with E-state index in [4.69, 9.17) is 10.5 Å². The Labute approximate surface area is 192 Å². The van der Waals surface area contributed by atoms with Crippen LogP contribution in [0.1, 0.15) is 16.9 Å². The van der Waals surface area contributed by atoms with Gasteiger partial charge in [0.2, 0.25) is 5.88 Å². The number of nitrogens with zero attached hydrogens (tertiary/aromatic N) is 3. The third-order valence-corrected chi connectivity index (χ3v) is 6.51. The highest BCUT2D eigenvalue weighted by molar-refractivity contribution is 7.19. The van der Waals surface area contributed by atoms with Gasteiger partial charge < -0.3 is 15.4 Å². The van der Waals surface area contributed by atoms with E-state index in [2.05, 4.69) is 9.97 Å². The first-order chi connectivity index (χ1) is 15.9. The lowest BCUT2D eigenvalue weighted by Crippen LogP contribution is -2.55. The third kappa shape index (κ3) is 4.23. The van der Waals surface area contributed by atoms with Gasteiger partial charge in [-0.05, 0) is 17.7 Å². The molecule has 1 atom stereocenters. The molecular formula is C24H20F2N4O2S. The van der Waals surface area contributed by atoms with Gasteiger partial charge in [0.25, 0.3) is 11.8 Å². The van der Waals surface area contributed by atoms with Crippen LogP contribution in [0.15, 0.2) is 66.7 Å². The van der Waals surface area contributed by atoms with Crippen molar-refractivity contribution in [1.29, 1.82) is 0 Å². The molecule has 2 N–H and O–H groups in total. The van der Waals surface area contributed by atoms with Gasteiger partial charge in [0.05, 0.1) is 16.9 Å². The number of likely N-dealkylation sites (tertiary alicyclic amines) is 1. The van der Waals surface area contributed by atoms with Crippen LogP contribution in [-0.2, 0) is 0 Å². The third-order valence-electron chi connectivity index (χ3n) is 5.58. The van der Waals surface area contributed by atoms with Crippen molar-refractivity contribution < 1.29 is 18.3 Å². The maximum atomic E-state index is 14.7. The molecular weight excluding hydrogens is 446 g/mol. The molecule has 6 nitrogen and oxygen atoms in total. The lowest BCUT2D eigenvalue weighted by molar-refractivity contribution is -0.131. The summed E-state index contributed by atoms with van der Waals surface area (Å²) >= 11 is 1.19. The molecule has 1 amide bonds. The Bertz CT molecular complexity index is 1310. The van der Waals surface area contributed by atoms with Crippen LogP contribution in [0.5, 0.6) is 5.88 Å². The lowest BCUT2D eigenvalue weighted by Gasteiger charge is -2.37. The normalized spacial score (nSPS) is 17.8. The minimum Gasteiger partial charge on any atom is -0.466 e. The van der Waals surface area contributed by atoms with E-state index in [-0.39, 0.29) is 29.8 Å². The Morgan fingerprint density at radius 3 is 2.64 bits per heavy atom. The molecule has 5 rings (SSSR count). The van der Waals surface area contributed by atoms with E-state index in [1.165, 1.54) is 16.2 Å². The number of alkyl halides is 2. The number of para-hydroxylation sites is 1. The maximum absolute atomic E-state index is 14.7. The summed E-state index contributed by atoms with van der Waals surface area (Å²) in [6.45, 7) is -0.394. The molecule has 9 heteroatoms. The molecule has 0 aliphatic carbocycles. The number of piperidine rings is 1. The van der Waals surface area contributed by atoms with Gasteiger partial charge in [-0.1, -0.05) is 59.9 Å². The number of fused-ring (bicyclic) bond motifs is 1. The number of anilines is 1. The average molecular weight is 467 g/mol. The van der Waals surface area contributed by atoms with Gasteiger partial charge in [0.1, 0.15) is 5.69 Å². The van der Waals surface area contributed by atoms with Crippen molar-refractivity contribution in [3.05, 3.63) is 72.4 Å². The first-order valence-electron chi connectivity index (χ1n) is 10.4. The van der Waals surface area contributed by atoms with E-state index in [0.29, 0.717) is 10.4 Å². The summed E-state index contributed by atoms with van der Waals surface area (Å²) in [6.07, 6.45) is -2.04. The maximum Gasteiger partial charge on any atom is 0.287 e. The van der Waals surface area contributed by atoms with Gasteiger partial charge in [0, 0.05) is 24.4 Å². The van der Waals surface area contributed by atoms with E-state index in [1.54, 1.807) is 18.2 Å². The highest BCUT2D eigenvalue weighted by Gasteiger charge is 2.47. The standard InChI is InChI=1S/C24H20F2N4O2S/c25-24(26)12-13-30(14-18(24)32-19-11-10-15-6-4-5-9-17(15)28-19)22(31)20-21(33-23(27)29-20)16-7-2-1-3-8-16/h1-11,18H,12-14H2,(H2,27,29). The summed E-state index contributed by atoms with van der Waals surface area (Å²) in [6, 6.07) is 20.0. The molecule has 1 fully saturated rings. The molecule has 1 unspecified atom stereocenters. The lowest BCUT2D eigenvalue weighted by atomic mass is 10.0. The molecule has 4 aromatic rings.